The first kappa shape index (κ1) is 11.5. The van der Waals surface area contributed by atoms with Crippen LogP contribution in [0.5, 0.6) is 0 Å². The number of carbonyl (C=O) groups excluding carboxylic acids is 2. The lowest BCUT2D eigenvalue weighted by atomic mass is 9.68. The maximum Gasteiger partial charge on any atom is 0.249 e. The van der Waals surface area contributed by atoms with Gasteiger partial charge in [-0.15, -0.1) is 0 Å². The molecule has 0 radical (unpaired) electrons. The smallest absolute Gasteiger partial charge is 0.249 e. The highest BCUT2D eigenvalue weighted by atomic mass is 16.1. The Morgan fingerprint density at radius 3 is 2.16 bits per heavy atom. The number of rotatable bonds is 3. The van der Waals surface area contributed by atoms with E-state index in [0.717, 1.165) is 11.1 Å². The monoisotopic (exact) mass is 252 g/mol. The Morgan fingerprint density at radius 1 is 0.895 bits per heavy atom. The van der Waals surface area contributed by atoms with Crippen molar-refractivity contribution in [1.29, 1.82) is 0 Å². The van der Waals surface area contributed by atoms with Gasteiger partial charge in [-0.25, -0.2) is 0 Å². The highest BCUT2D eigenvalue weighted by Crippen LogP contribution is 2.47. The van der Waals surface area contributed by atoms with E-state index >= 15 is 0 Å². The lowest BCUT2D eigenvalue weighted by Gasteiger charge is -2.34. The van der Waals surface area contributed by atoms with Crippen LogP contribution in [0.1, 0.15) is 43.3 Å². The molecule has 0 fully saturated rings. The summed E-state index contributed by atoms with van der Waals surface area (Å²) in [5, 5.41) is 0. The van der Waals surface area contributed by atoms with E-state index in [-0.39, 0.29) is 5.92 Å². The second-order valence-corrected chi connectivity index (χ2v) is 4.56. The first-order valence-corrected chi connectivity index (χ1v) is 5.92. The molecule has 2 amide bonds. The van der Waals surface area contributed by atoms with Crippen molar-refractivity contribution in [3.63, 3.8) is 0 Å². The van der Waals surface area contributed by atoms with Gasteiger partial charge >= 0.3 is 0 Å². The fourth-order valence-electron chi connectivity index (χ4n) is 2.74. The molecule has 2 aromatic carbocycles. The van der Waals surface area contributed by atoms with Crippen LogP contribution in [0.3, 0.4) is 0 Å². The molecular weight excluding hydrogens is 240 g/mol. The highest BCUT2D eigenvalue weighted by Gasteiger charge is 2.38. The predicted octanol–water partition coefficient (Wildman–Crippen LogP) is 1.38. The quantitative estimate of drug-likeness (QED) is 0.737. The molecule has 2 bridgehead atoms. The molecule has 4 rings (SSSR count). The zero-order chi connectivity index (χ0) is 13.6. The summed E-state index contributed by atoms with van der Waals surface area (Å²) in [6.07, 6.45) is 0. The average Bonchev–Trinajstić information content (AvgIpc) is 2.39. The standard InChI is InChI=1S/C15H12N2O2/c16-14(18)10-7-6-9-11(8-4-2-1-3-5-8)12(10)13(9)15(17)19/h1-7,11H,(H2,16,18)(H2,17,19). The Bertz CT molecular complexity index is 674. The zero-order valence-corrected chi connectivity index (χ0v) is 10.1. The molecule has 0 aliphatic heterocycles. The molecule has 0 saturated heterocycles. The minimum absolute atomic E-state index is 0.0730. The third kappa shape index (κ3) is 1.53. The summed E-state index contributed by atoms with van der Waals surface area (Å²) in [7, 11) is 0. The van der Waals surface area contributed by atoms with Crippen LogP contribution in [-0.2, 0) is 0 Å². The molecule has 94 valence electrons. The average molecular weight is 252 g/mol. The summed E-state index contributed by atoms with van der Waals surface area (Å²) in [5.74, 6) is -1.12. The van der Waals surface area contributed by atoms with Gasteiger partial charge in [-0.1, -0.05) is 36.4 Å². The molecule has 0 aromatic heterocycles. The van der Waals surface area contributed by atoms with Gasteiger partial charge in [0.1, 0.15) is 0 Å². The Morgan fingerprint density at radius 2 is 1.58 bits per heavy atom. The number of primary amides is 2. The van der Waals surface area contributed by atoms with Crippen LogP contribution in [0.15, 0.2) is 42.5 Å². The van der Waals surface area contributed by atoms with E-state index in [4.69, 9.17) is 11.5 Å². The molecule has 0 saturated carbocycles. The largest absolute Gasteiger partial charge is 0.366 e. The van der Waals surface area contributed by atoms with Crippen molar-refractivity contribution < 1.29 is 9.59 Å². The molecule has 0 heterocycles. The summed E-state index contributed by atoms with van der Waals surface area (Å²) in [4.78, 5) is 23.0. The highest BCUT2D eigenvalue weighted by molar-refractivity contribution is 6.06. The fourth-order valence-corrected chi connectivity index (χ4v) is 2.74. The first-order chi connectivity index (χ1) is 9.11. The van der Waals surface area contributed by atoms with Crippen LogP contribution in [-0.4, -0.2) is 11.8 Å². The predicted molar refractivity (Wildman–Crippen MR) is 70.9 cm³/mol. The number of amides is 2. The van der Waals surface area contributed by atoms with Crippen LogP contribution >= 0.6 is 0 Å². The van der Waals surface area contributed by atoms with Gasteiger partial charge < -0.3 is 11.5 Å². The summed E-state index contributed by atoms with van der Waals surface area (Å²) in [5.41, 5.74) is 14.1. The maximum absolute atomic E-state index is 11.5. The summed E-state index contributed by atoms with van der Waals surface area (Å²) in [6.45, 7) is 0. The second kappa shape index (κ2) is 3.95. The van der Waals surface area contributed by atoms with Crippen molar-refractivity contribution in [2.24, 2.45) is 11.5 Å². The molecular formula is C15H12N2O2. The summed E-state index contributed by atoms with van der Waals surface area (Å²) in [6, 6.07) is 13.1. The van der Waals surface area contributed by atoms with Gasteiger partial charge in [0.2, 0.25) is 11.8 Å². The fraction of sp³-hybridized carbons (Fsp3) is 0.0667. The molecule has 0 spiro atoms. The van der Waals surface area contributed by atoms with Gasteiger partial charge in [-0.2, -0.15) is 0 Å². The van der Waals surface area contributed by atoms with Crippen molar-refractivity contribution in [3.05, 3.63) is 70.3 Å². The van der Waals surface area contributed by atoms with Crippen molar-refractivity contribution in [3.8, 4) is 0 Å². The van der Waals surface area contributed by atoms with Crippen molar-refractivity contribution in [2.75, 3.05) is 0 Å². The van der Waals surface area contributed by atoms with Crippen LogP contribution in [0, 0.1) is 0 Å². The van der Waals surface area contributed by atoms with Gasteiger partial charge in [0.25, 0.3) is 0 Å². The Hall–Kier alpha value is -2.62. The minimum atomic E-state index is -0.537. The lowest BCUT2D eigenvalue weighted by Crippen LogP contribution is -2.31. The minimum Gasteiger partial charge on any atom is -0.366 e. The number of benzene rings is 2. The SMILES string of the molecule is NC(=O)c1ccc2c(C(N)=O)c1C2c1ccccc1. The van der Waals surface area contributed by atoms with Crippen LogP contribution in [0.25, 0.3) is 0 Å². The van der Waals surface area contributed by atoms with E-state index < -0.39 is 11.8 Å². The van der Waals surface area contributed by atoms with E-state index in [1.165, 1.54) is 0 Å². The Labute approximate surface area is 110 Å². The Kier molecular flexibility index (Phi) is 2.38. The maximum atomic E-state index is 11.5. The third-order valence-corrected chi connectivity index (χ3v) is 3.52. The second-order valence-electron chi connectivity index (χ2n) is 4.56. The van der Waals surface area contributed by atoms with Crippen LogP contribution in [0.4, 0.5) is 0 Å². The first-order valence-electron chi connectivity index (χ1n) is 5.92. The Balaban J connectivity index is 2.19. The molecule has 2 aromatic rings. The summed E-state index contributed by atoms with van der Waals surface area (Å²) >= 11 is 0. The van der Waals surface area contributed by atoms with Crippen molar-refractivity contribution >= 4 is 11.8 Å². The van der Waals surface area contributed by atoms with Gasteiger partial charge in [-0.3, -0.25) is 9.59 Å². The van der Waals surface area contributed by atoms with Gasteiger partial charge in [-0.05, 0) is 22.8 Å². The molecule has 2 aliphatic rings. The number of hydrogen-bond donors (Lipinski definition) is 2. The van der Waals surface area contributed by atoms with Gasteiger partial charge in [0.05, 0.1) is 0 Å². The molecule has 1 unspecified atom stereocenters. The van der Waals surface area contributed by atoms with Crippen molar-refractivity contribution in [1.82, 2.24) is 0 Å². The third-order valence-electron chi connectivity index (χ3n) is 3.52. The molecule has 19 heavy (non-hydrogen) atoms. The van der Waals surface area contributed by atoms with Crippen LogP contribution < -0.4 is 11.5 Å². The van der Waals surface area contributed by atoms with E-state index in [2.05, 4.69) is 0 Å². The lowest BCUT2D eigenvalue weighted by molar-refractivity contribution is 0.0995. The normalized spacial score (nSPS) is 15.7. The van der Waals surface area contributed by atoms with E-state index in [0.29, 0.717) is 16.7 Å². The molecule has 4 heteroatoms. The van der Waals surface area contributed by atoms with E-state index in [1.807, 2.05) is 30.3 Å². The zero-order valence-electron chi connectivity index (χ0n) is 10.1. The number of carbonyl (C=O) groups is 2. The number of fused-ring (bicyclic) bond motifs is 2. The topological polar surface area (TPSA) is 86.2 Å². The number of nitrogens with two attached hydrogens (primary N) is 2. The van der Waals surface area contributed by atoms with Gasteiger partial charge in [0, 0.05) is 17.0 Å². The molecule has 4 N–H and O–H groups in total. The van der Waals surface area contributed by atoms with Crippen LogP contribution in [0.2, 0.25) is 0 Å². The molecule has 2 aliphatic carbocycles. The van der Waals surface area contributed by atoms with E-state index in [9.17, 15) is 9.59 Å². The summed E-state index contributed by atoms with van der Waals surface area (Å²) < 4.78 is 0. The van der Waals surface area contributed by atoms with Gasteiger partial charge in [0.15, 0.2) is 0 Å². The van der Waals surface area contributed by atoms with E-state index in [1.54, 1.807) is 12.1 Å². The number of hydrogen-bond acceptors (Lipinski definition) is 2. The molecule has 1 atom stereocenters. The van der Waals surface area contributed by atoms with Crippen molar-refractivity contribution in [2.45, 2.75) is 5.92 Å². The molecule has 4 nitrogen and oxygen atoms in total.